The van der Waals surface area contributed by atoms with Gasteiger partial charge in [-0.1, -0.05) is 0 Å². The van der Waals surface area contributed by atoms with Gasteiger partial charge in [0.2, 0.25) is 0 Å². The summed E-state index contributed by atoms with van der Waals surface area (Å²) in [5.41, 5.74) is 0.226. The van der Waals surface area contributed by atoms with E-state index in [1.807, 2.05) is 14.1 Å². The van der Waals surface area contributed by atoms with Crippen molar-refractivity contribution in [2.75, 3.05) is 14.1 Å². The molecule has 0 aliphatic heterocycles. The molecule has 1 saturated carbocycles. The number of likely N-dealkylation sites (N-methyl/N-ethyl adjacent to an activating group) is 1. The second-order valence-electron chi connectivity index (χ2n) is 4.27. The minimum absolute atomic E-state index is 0.0598. The summed E-state index contributed by atoms with van der Waals surface area (Å²) in [4.78, 5) is 12.2. The van der Waals surface area contributed by atoms with E-state index in [2.05, 4.69) is 10.00 Å². The van der Waals surface area contributed by atoms with Gasteiger partial charge in [0, 0.05) is 5.54 Å². The molecule has 1 aromatic rings. The Hall–Kier alpha value is -1.43. The third kappa shape index (κ3) is 1.85. The average Bonchev–Trinajstić information content (AvgIpc) is 2.76. The summed E-state index contributed by atoms with van der Waals surface area (Å²) in [6, 6.07) is 0. The SMILES string of the molecule is CN(C)C1(Cn2cc([N+](=O)[O-])cn2)CC1. The molecule has 0 radical (unpaired) electrons. The minimum Gasteiger partial charge on any atom is -0.302 e. The maximum absolute atomic E-state index is 10.5. The number of hydrogen-bond donors (Lipinski definition) is 0. The van der Waals surface area contributed by atoms with Crippen LogP contribution in [0.2, 0.25) is 0 Å². The number of hydrogen-bond acceptors (Lipinski definition) is 4. The number of nitro groups is 1. The van der Waals surface area contributed by atoms with Crippen LogP contribution in [-0.2, 0) is 6.54 Å². The summed E-state index contributed by atoms with van der Waals surface area (Å²) < 4.78 is 1.66. The molecule has 0 bridgehead atoms. The third-order valence-corrected chi connectivity index (χ3v) is 3.06. The molecule has 82 valence electrons. The summed E-state index contributed by atoms with van der Waals surface area (Å²) in [7, 11) is 4.07. The van der Waals surface area contributed by atoms with Crippen LogP contribution in [0.3, 0.4) is 0 Å². The molecule has 0 saturated heterocycles. The summed E-state index contributed by atoms with van der Waals surface area (Å²) in [5, 5.41) is 14.5. The van der Waals surface area contributed by atoms with E-state index >= 15 is 0 Å². The molecule has 1 heterocycles. The van der Waals surface area contributed by atoms with E-state index in [1.54, 1.807) is 4.68 Å². The normalized spacial score (nSPS) is 18.1. The zero-order valence-electron chi connectivity index (χ0n) is 8.88. The van der Waals surface area contributed by atoms with Crippen molar-refractivity contribution in [3.05, 3.63) is 22.5 Å². The standard InChI is InChI=1S/C9H14N4O2/c1-11(2)9(3-4-9)7-12-6-8(5-10-12)13(14)15/h5-6H,3-4,7H2,1-2H3. The fourth-order valence-corrected chi connectivity index (χ4v) is 1.73. The Balaban J connectivity index is 2.08. The van der Waals surface area contributed by atoms with Gasteiger partial charge in [-0.15, -0.1) is 0 Å². The van der Waals surface area contributed by atoms with Gasteiger partial charge in [-0.05, 0) is 26.9 Å². The Morgan fingerprint density at radius 2 is 2.33 bits per heavy atom. The van der Waals surface area contributed by atoms with Crippen LogP contribution in [0, 0.1) is 10.1 Å². The van der Waals surface area contributed by atoms with Crippen LogP contribution in [0.5, 0.6) is 0 Å². The van der Waals surface area contributed by atoms with Crippen molar-refractivity contribution in [3.63, 3.8) is 0 Å². The maximum atomic E-state index is 10.5. The number of nitrogens with zero attached hydrogens (tertiary/aromatic N) is 4. The monoisotopic (exact) mass is 210 g/mol. The van der Waals surface area contributed by atoms with Gasteiger partial charge in [-0.3, -0.25) is 14.8 Å². The topological polar surface area (TPSA) is 64.2 Å². The lowest BCUT2D eigenvalue weighted by Gasteiger charge is -2.23. The Bertz CT molecular complexity index is 381. The van der Waals surface area contributed by atoms with Gasteiger partial charge in [0.25, 0.3) is 0 Å². The highest BCUT2D eigenvalue weighted by atomic mass is 16.6. The molecular weight excluding hydrogens is 196 g/mol. The fraction of sp³-hybridized carbons (Fsp3) is 0.667. The van der Waals surface area contributed by atoms with Crippen molar-refractivity contribution < 1.29 is 4.92 Å². The summed E-state index contributed by atoms with van der Waals surface area (Å²) in [5.74, 6) is 0. The van der Waals surface area contributed by atoms with Crippen LogP contribution in [0.15, 0.2) is 12.4 Å². The second-order valence-corrected chi connectivity index (χ2v) is 4.27. The van der Waals surface area contributed by atoms with Crippen LogP contribution >= 0.6 is 0 Å². The van der Waals surface area contributed by atoms with E-state index in [9.17, 15) is 10.1 Å². The molecule has 0 amide bonds. The molecule has 6 nitrogen and oxygen atoms in total. The lowest BCUT2D eigenvalue weighted by molar-refractivity contribution is -0.385. The molecule has 0 spiro atoms. The van der Waals surface area contributed by atoms with Crippen molar-refractivity contribution in [2.24, 2.45) is 0 Å². The fourth-order valence-electron chi connectivity index (χ4n) is 1.73. The molecular formula is C9H14N4O2. The average molecular weight is 210 g/mol. The molecule has 1 aromatic heterocycles. The van der Waals surface area contributed by atoms with Gasteiger partial charge in [-0.25, -0.2) is 0 Å². The predicted octanol–water partition coefficient (Wildman–Crippen LogP) is 0.885. The minimum atomic E-state index is -0.418. The first kappa shape index (κ1) is 10.1. The zero-order chi connectivity index (χ0) is 11.1. The molecule has 0 atom stereocenters. The third-order valence-electron chi connectivity index (χ3n) is 3.06. The quantitative estimate of drug-likeness (QED) is 0.546. The molecule has 0 aromatic carbocycles. The van der Waals surface area contributed by atoms with Crippen LogP contribution < -0.4 is 0 Å². The molecule has 1 aliphatic carbocycles. The van der Waals surface area contributed by atoms with Crippen molar-refractivity contribution in [3.8, 4) is 0 Å². The smallest absolute Gasteiger partial charge is 0.302 e. The van der Waals surface area contributed by atoms with Crippen LogP contribution in [0.4, 0.5) is 5.69 Å². The summed E-state index contributed by atoms with van der Waals surface area (Å²) in [6.45, 7) is 0.730. The Labute approximate surface area is 87.6 Å². The summed E-state index contributed by atoms with van der Waals surface area (Å²) >= 11 is 0. The zero-order valence-corrected chi connectivity index (χ0v) is 8.88. The first-order valence-electron chi connectivity index (χ1n) is 4.88. The lowest BCUT2D eigenvalue weighted by atomic mass is 10.2. The van der Waals surface area contributed by atoms with E-state index in [4.69, 9.17) is 0 Å². The first-order valence-corrected chi connectivity index (χ1v) is 4.88. The Kier molecular flexibility index (Phi) is 2.22. The highest BCUT2D eigenvalue weighted by Gasteiger charge is 2.45. The lowest BCUT2D eigenvalue weighted by Crippen LogP contribution is -2.34. The molecule has 15 heavy (non-hydrogen) atoms. The van der Waals surface area contributed by atoms with Crippen molar-refractivity contribution in [1.82, 2.24) is 14.7 Å². The molecule has 0 N–H and O–H groups in total. The van der Waals surface area contributed by atoms with E-state index in [1.165, 1.54) is 12.4 Å². The molecule has 1 fully saturated rings. The Morgan fingerprint density at radius 1 is 1.67 bits per heavy atom. The van der Waals surface area contributed by atoms with E-state index < -0.39 is 4.92 Å². The predicted molar refractivity (Wildman–Crippen MR) is 54.5 cm³/mol. The van der Waals surface area contributed by atoms with Gasteiger partial charge in [0.15, 0.2) is 0 Å². The van der Waals surface area contributed by atoms with Crippen LogP contribution in [-0.4, -0.2) is 39.2 Å². The van der Waals surface area contributed by atoms with Gasteiger partial charge < -0.3 is 4.90 Å². The van der Waals surface area contributed by atoms with E-state index in [0.717, 1.165) is 19.4 Å². The van der Waals surface area contributed by atoms with E-state index in [-0.39, 0.29) is 11.2 Å². The highest BCUT2D eigenvalue weighted by molar-refractivity contribution is 5.21. The number of aromatic nitrogens is 2. The van der Waals surface area contributed by atoms with Crippen molar-refractivity contribution in [1.29, 1.82) is 0 Å². The largest absolute Gasteiger partial charge is 0.306 e. The van der Waals surface area contributed by atoms with Gasteiger partial charge >= 0.3 is 5.69 Å². The first-order chi connectivity index (χ1) is 7.03. The van der Waals surface area contributed by atoms with Gasteiger partial charge in [-0.2, -0.15) is 5.10 Å². The molecule has 0 unspecified atom stereocenters. The van der Waals surface area contributed by atoms with Gasteiger partial charge in [0.1, 0.15) is 12.4 Å². The van der Waals surface area contributed by atoms with Crippen molar-refractivity contribution in [2.45, 2.75) is 24.9 Å². The second kappa shape index (κ2) is 3.30. The molecule has 1 aliphatic rings. The van der Waals surface area contributed by atoms with Crippen LogP contribution in [0.25, 0.3) is 0 Å². The molecule has 2 rings (SSSR count). The van der Waals surface area contributed by atoms with E-state index in [0.29, 0.717) is 0 Å². The number of rotatable bonds is 4. The maximum Gasteiger partial charge on any atom is 0.306 e. The highest BCUT2D eigenvalue weighted by Crippen LogP contribution is 2.41. The van der Waals surface area contributed by atoms with Crippen LogP contribution in [0.1, 0.15) is 12.8 Å². The molecule has 6 heteroatoms. The Morgan fingerprint density at radius 3 is 2.73 bits per heavy atom. The van der Waals surface area contributed by atoms with Gasteiger partial charge in [0.05, 0.1) is 11.5 Å². The summed E-state index contributed by atoms with van der Waals surface area (Å²) in [6.07, 6.45) is 5.05. The van der Waals surface area contributed by atoms with Crippen molar-refractivity contribution >= 4 is 5.69 Å².